The number of aryl methyl sites for hydroxylation is 1. The summed E-state index contributed by atoms with van der Waals surface area (Å²) < 4.78 is 0.892. The quantitative estimate of drug-likeness (QED) is 0.534. The molecule has 0 bridgehead atoms. The number of halogens is 1. The molecule has 1 aromatic rings. The molecule has 11 heavy (non-hydrogen) atoms. The summed E-state index contributed by atoms with van der Waals surface area (Å²) in [6.45, 7) is 1.76. The van der Waals surface area contributed by atoms with Crippen molar-refractivity contribution in [3.05, 3.63) is 28.5 Å². The van der Waals surface area contributed by atoms with Crippen LogP contribution in [0.5, 0.6) is 0 Å². The molecule has 1 N–H and O–H groups in total. The predicted octanol–water partition coefficient (Wildman–Crippen LogP) is 1.85. The molecule has 3 nitrogen and oxygen atoms in total. The molecule has 0 spiro atoms. The van der Waals surface area contributed by atoms with Gasteiger partial charge in [-0.25, -0.2) is 4.98 Å². The van der Waals surface area contributed by atoms with Crippen LogP contribution in [0.2, 0.25) is 0 Å². The Morgan fingerprint density at radius 2 is 2.18 bits per heavy atom. The van der Waals surface area contributed by atoms with Crippen molar-refractivity contribution in [2.75, 3.05) is 0 Å². The molecule has 0 amide bonds. The number of carboxylic acid groups (broad SMARTS) is 1. The van der Waals surface area contributed by atoms with Gasteiger partial charge in [-0.2, -0.15) is 0 Å². The van der Waals surface area contributed by atoms with E-state index in [2.05, 4.69) is 20.9 Å². The van der Waals surface area contributed by atoms with E-state index in [0.717, 1.165) is 4.60 Å². The minimum Gasteiger partial charge on any atom is -0.483 e. The highest BCUT2D eigenvalue weighted by molar-refractivity contribution is 9.10. The Hall–Kier alpha value is -0.900. The van der Waals surface area contributed by atoms with Gasteiger partial charge in [0.15, 0.2) is 0 Å². The first-order valence-electron chi connectivity index (χ1n) is 2.86. The zero-order valence-corrected chi connectivity index (χ0v) is 7.58. The molecule has 0 aliphatic heterocycles. The summed E-state index contributed by atoms with van der Waals surface area (Å²) in [5, 5.41) is 6.89. The van der Waals surface area contributed by atoms with Crippen molar-refractivity contribution in [3.63, 3.8) is 0 Å². The van der Waals surface area contributed by atoms with Gasteiger partial charge in [-0.1, -0.05) is 6.07 Å². The van der Waals surface area contributed by atoms with Crippen LogP contribution in [0.4, 0.5) is 0 Å². The van der Waals surface area contributed by atoms with Gasteiger partial charge < -0.3 is 5.11 Å². The van der Waals surface area contributed by atoms with Crippen molar-refractivity contribution in [3.8, 4) is 0 Å². The first kappa shape index (κ1) is 10.1. The fourth-order valence-corrected chi connectivity index (χ4v) is 0.684. The number of carbonyl (C=O) groups is 1. The topological polar surface area (TPSA) is 50.2 Å². The van der Waals surface area contributed by atoms with E-state index in [0.29, 0.717) is 0 Å². The standard InChI is InChI=1S/C6H6BrN.CH2O2/c1-5-2-3-6(7)8-4-5;2-1-3/h2-4H,1H3;1H,(H,2,3). The average molecular weight is 218 g/mol. The third kappa shape index (κ3) is 5.54. The van der Waals surface area contributed by atoms with E-state index in [1.54, 1.807) is 0 Å². The number of aromatic nitrogens is 1. The SMILES string of the molecule is Cc1ccc(Br)nc1.O=CO. The van der Waals surface area contributed by atoms with Crippen molar-refractivity contribution in [2.24, 2.45) is 0 Å². The van der Waals surface area contributed by atoms with Gasteiger partial charge in [0.05, 0.1) is 0 Å². The van der Waals surface area contributed by atoms with Crippen LogP contribution in [0.3, 0.4) is 0 Å². The van der Waals surface area contributed by atoms with Crippen LogP contribution in [0.25, 0.3) is 0 Å². The Morgan fingerprint density at radius 1 is 1.64 bits per heavy atom. The number of hydrogen-bond acceptors (Lipinski definition) is 2. The lowest BCUT2D eigenvalue weighted by Gasteiger charge is -1.87. The third-order valence-electron chi connectivity index (χ3n) is 0.875. The second-order valence-corrected chi connectivity index (χ2v) is 2.58. The van der Waals surface area contributed by atoms with Gasteiger partial charge in [0.2, 0.25) is 0 Å². The second-order valence-electron chi connectivity index (χ2n) is 1.76. The molecule has 0 saturated carbocycles. The fraction of sp³-hybridized carbons (Fsp3) is 0.143. The van der Waals surface area contributed by atoms with Crippen LogP contribution in [0.15, 0.2) is 22.9 Å². The Kier molecular flexibility index (Phi) is 5.37. The van der Waals surface area contributed by atoms with Gasteiger partial charge in [-0.05, 0) is 34.5 Å². The van der Waals surface area contributed by atoms with Crippen LogP contribution in [0, 0.1) is 6.92 Å². The summed E-state index contributed by atoms with van der Waals surface area (Å²) in [6.07, 6.45) is 1.82. The minimum atomic E-state index is -0.250. The van der Waals surface area contributed by atoms with Crippen molar-refractivity contribution in [2.45, 2.75) is 6.92 Å². The molecular weight excluding hydrogens is 210 g/mol. The Balaban J connectivity index is 0.000000292. The maximum atomic E-state index is 8.36. The second kappa shape index (κ2) is 5.85. The molecule has 0 fully saturated rings. The van der Waals surface area contributed by atoms with Crippen molar-refractivity contribution in [1.82, 2.24) is 4.98 Å². The largest absolute Gasteiger partial charge is 0.483 e. The fourth-order valence-electron chi connectivity index (χ4n) is 0.450. The molecule has 1 heterocycles. The number of rotatable bonds is 0. The highest BCUT2D eigenvalue weighted by Gasteiger charge is 1.82. The highest BCUT2D eigenvalue weighted by Crippen LogP contribution is 2.04. The zero-order valence-electron chi connectivity index (χ0n) is 5.99. The van der Waals surface area contributed by atoms with E-state index in [4.69, 9.17) is 9.90 Å². The molecular formula is C7H8BrNO2. The molecule has 4 heteroatoms. The summed E-state index contributed by atoms with van der Waals surface area (Å²) >= 11 is 3.23. The van der Waals surface area contributed by atoms with Crippen LogP contribution < -0.4 is 0 Å². The first-order valence-corrected chi connectivity index (χ1v) is 3.66. The molecule has 0 aliphatic rings. The lowest BCUT2D eigenvalue weighted by Crippen LogP contribution is -1.74. The molecule has 0 radical (unpaired) electrons. The summed E-state index contributed by atoms with van der Waals surface area (Å²) in [6, 6.07) is 3.94. The van der Waals surface area contributed by atoms with E-state index in [9.17, 15) is 0 Å². The number of pyridine rings is 1. The summed E-state index contributed by atoms with van der Waals surface area (Å²) in [4.78, 5) is 12.4. The molecule has 1 rings (SSSR count). The van der Waals surface area contributed by atoms with Crippen LogP contribution in [-0.2, 0) is 4.79 Å². The monoisotopic (exact) mass is 217 g/mol. The van der Waals surface area contributed by atoms with E-state index in [-0.39, 0.29) is 6.47 Å². The van der Waals surface area contributed by atoms with Gasteiger partial charge in [0.25, 0.3) is 6.47 Å². The predicted molar refractivity (Wildman–Crippen MR) is 45.4 cm³/mol. The van der Waals surface area contributed by atoms with Gasteiger partial charge in [-0.15, -0.1) is 0 Å². The van der Waals surface area contributed by atoms with Gasteiger partial charge in [-0.3, -0.25) is 4.79 Å². The normalized spacial score (nSPS) is 7.82. The maximum absolute atomic E-state index is 8.36. The first-order chi connectivity index (χ1) is 5.20. The van der Waals surface area contributed by atoms with E-state index in [1.165, 1.54) is 5.56 Å². The van der Waals surface area contributed by atoms with Crippen molar-refractivity contribution in [1.29, 1.82) is 0 Å². The average Bonchev–Trinajstić information content (AvgIpc) is 1.97. The van der Waals surface area contributed by atoms with Crippen LogP contribution >= 0.6 is 15.9 Å². The third-order valence-corrected chi connectivity index (χ3v) is 1.34. The van der Waals surface area contributed by atoms with Gasteiger partial charge in [0.1, 0.15) is 4.60 Å². The van der Waals surface area contributed by atoms with Gasteiger partial charge >= 0.3 is 0 Å². The molecule has 1 aromatic heterocycles. The van der Waals surface area contributed by atoms with Crippen LogP contribution in [-0.4, -0.2) is 16.6 Å². The molecule has 0 saturated heterocycles. The van der Waals surface area contributed by atoms with Crippen molar-refractivity contribution < 1.29 is 9.90 Å². The molecule has 60 valence electrons. The summed E-state index contributed by atoms with van der Waals surface area (Å²) in [7, 11) is 0. The molecule has 0 aliphatic carbocycles. The van der Waals surface area contributed by atoms with Gasteiger partial charge in [0, 0.05) is 6.20 Å². The smallest absolute Gasteiger partial charge is 0.290 e. The summed E-state index contributed by atoms with van der Waals surface area (Å²) in [5.74, 6) is 0. The summed E-state index contributed by atoms with van der Waals surface area (Å²) in [5.41, 5.74) is 1.19. The van der Waals surface area contributed by atoms with E-state index < -0.39 is 0 Å². The minimum absolute atomic E-state index is 0.250. The Bertz CT molecular complexity index is 189. The highest BCUT2D eigenvalue weighted by atomic mass is 79.9. The Labute approximate surface area is 73.2 Å². The molecule has 0 unspecified atom stereocenters. The zero-order chi connectivity index (χ0) is 8.69. The van der Waals surface area contributed by atoms with Crippen molar-refractivity contribution >= 4 is 22.4 Å². The maximum Gasteiger partial charge on any atom is 0.290 e. The van der Waals surface area contributed by atoms with Crippen LogP contribution in [0.1, 0.15) is 5.56 Å². The lowest BCUT2D eigenvalue weighted by atomic mass is 10.3. The Morgan fingerprint density at radius 3 is 2.45 bits per heavy atom. The molecule has 0 aromatic carbocycles. The lowest BCUT2D eigenvalue weighted by molar-refractivity contribution is -0.122. The number of nitrogens with zero attached hydrogens (tertiary/aromatic N) is 1. The van der Waals surface area contributed by atoms with E-state index >= 15 is 0 Å². The van der Waals surface area contributed by atoms with E-state index in [1.807, 2.05) is 25.3 Å². The number of hydrogen-bond donors (Lipinski definition) is 1. The molecule has 0 atom stereocenters.